The van der Waals surface area contributed by atoms with Crippen molar-refractivity contribution in [1.82, 2.24) is 9.47 Å². The van der Waals surface area contributed by atoms with Crippen molar-refractivity contribution in [3.63, 3.8) is 0 Å². The van der Waals surface area contributed by atoms with Gasteiger partial charge in [0, 0.05) is 28.8 Å². The first kappa shape index (κ1) is 16.0. The Balaban J connectivity index is 3.20. The van der Waals surface area contributed by atoms with Gasteiger partial charge in [-0.1, -0.05) is 6.08 Å². The average Bonchev–Trinajstić information content (AvgIpc) is 2.66. The van der Waals surface area contributed by atoms with E-state index in [1.165, 1.54) is 0 Å². The summed E-state index contributed by atoms with van der Waals surface area (Å²) in [7, 11) is 0. The molecule has 0 radical (unpaired) electrons. The van der Waals surface area contributed by atoms with Gasteiger partial charge in [-0.05, 0) is 56.6 Å². The number of nitrogens with zero attached hydrogens (tertiary/aromatic N) is 2. The van der Waals surface area contributed by atoms with E-state index in [0.717, 1.165) is 4.47 Å². The zero-order valence-electron chi connectivity index (χ0n) is 12.4. The Hall–Kier alpha value is -1.03. The van der Waals surface area contributed by atoms with Crippen LogP contribution in [0.25, 0.3) is 0 Å². The van der Waals surface area contributed by atoms with Gasteiger partial charge in [0.25, 0.3) is 5.91 Å². The van der Waals surface area contributed by atoms with Crippen molar-refractivity contribution in [2.45, 2.75) is 46.2 Å². The third kappa shape index (κ3) is 3.72. The molecule has 0 saturated carbocycles. The molecule has 0 saturated heterocycles. The van der Waals surface area contributed by atoms with Gasteiger partial charge in [-0.2, -0.15) is 0 Å². The second kappa shape index (κ2) is 5.95. The van der Waals surface area contributed by atoms with Crippen LogP contribution < -0.4 is 0 Å². The summed E-state index contributed by atoms with van der Waals surface area (Å²) in [6.07, 6.45) is 3.72. The van der Waals surface area contributed by atoms with Crippen LogP contribution in [0.3, 0.4) is 0 Å². The average molecular weight is 327 g/mol. The maximum atomic E-state index is 12.8. The van der Waals surface area contributed by atoms with Gasteiger partial charge >= 0.3 is 0 Å². The lowest BCUT2D eigenvalue weighted by Crippen LogP contribution is -2.46. The van der Waals surface area contributed by atoms with Crippen molar-refractivity contribution < 1.29 is 4.79 Å². The Labute approximate surface area is 124 Å². The minimum Gasteiger partial charge on any atom is -0.340 e. The molecule has 1 aromatic heterocycles. The van der Waals surface area contributed by atoms with Crippen LogP contribution in [0.1, 0.15) is 51.1 Å². The Kier molecular flexibility index (Phi) is 5.02. The predicted octanol–water partition coefficient (Wildman–Crippen LogP) is 4.26. The summed E-state index contributed by atoms with van der Waals surface area (Å²) in [5.74, 6) is 0.0341. The van der Waals surface area contributed by atoms with E-state index in [1.54, 1.807) is 6.08 Å². The SMILES string of the molecule is C=CCN(C(=O)c1cc(Br)cn1C(C)C)C(C)(C)C. The molecule has 0 atom stereocenters. The molecule has 4 heteroatoms. The number of rotatable bonds is 4. The zero-order valence-corrected chi connectivity index (χ0v) is 14.0. The maximum absolute atomic E-state index is 12.8. The summed E-state index contributed by atoms with van der Waals surface area (Å²) >= 11 is 3.45. The van der Waals surface area contributed by atoms with E-state index in [0.29, 0.717) is 12.2 Å². The normalized spacial score (nSPS) is 11.7. The number of amides is 1. The van der Waals surface area contributed by atoms with Crippen molar-refractivity contribution in [3.05, 3.63) is 35.1 Å². The van der Waals surface area contributed by atoms with Crippen LogP contribution >= 0.6 is 15.9 Å². The lowest BCUT2D eigenvalue weighted by atomic mass is 10.1. The van der Waals surface area contributed by atoms with E-state index >= 15 is 0 Å². The highest BCUT2D eigenvalue weighted by Gasteiger charge is 2.28. The molecule has 0 aliphatic heterocycles. The number of hydrogen-bond donors (Lipinski definition) is 0. The van der Waals surface area contributed by atoms with Crippen LogP contribution in [0.2, 0.25) is 0 Å². The monoisotopic (exact) mass is 326 g/mol. The van der Waals surface area contributed by atoms with Gasteiger partial charge in [0.05, 0.1) is 0 Å². The van der Waals surface area contributed by atoms with Gasteiger partial charge in [0.15, 0.2) is 0 Å². The number of carbonyl (C=O) groups is 1. The van der Waals surface area contributed by atoms with E-state index in [2.05, 4.69) is 36.4 Å². The van der Waals surface area contributed by atoms with Crippen molar-refractivity contribution in [3.8, 4) is 0 Å². The lowest BCUT2D eigenvalue weighted by molar-refractivity contribution is 0.0603. The molecule has 0 fully saturated rings. The van der Waals surface area contributed by atoms with Crippen molar-refractivity contribution >= 4 is 21.8 Å². The maximum Gasteiger partial charge on any atom is 0.271 e. The molecule has 0 aromatic carbocycles. The highest BCUT2D eigenvalue weighted by atomic mass is 79.9. The molecular formula is C15H23BrN2O. The first-order chi connectivity index (χ1) is 8.68. The molecule has 0 aliphatic carbocycles. The van der Waals surface area contributed by atoms with Crippen LogP contribution in [-0.4, -0.2) is 27.5 Å². The van der Waals surface area contributed by atoms with Crippen LogP contribution in [-0.2, 0) is 0 Å². The largest absolute Gasteiger partial charge is 0.340 e. The van der Waals surface area contributed by atoms with E-state index in [-0.39, 0.29) is 17.5 Å². The minimum absolute atomic E-state index is 0.0341. The molecule has 3 nitrogen and oxygen atoms in total. The Morgan fingerprint density at radius 1 is 1.53 bits per heavy atom. The number of hydrogen-bond acceptors (Lipinski definition) is 1. The highest BCUT2D eigenvalue weighted by Crippen LogP contribution is 2.23. The quantitative estimate of drug-likeness (QED) is 0.759. The van der Waals surface area contributed by atoms with Crippen molar-refractivity contribution in [2.75, 3.05) is 6.54 Å². The number of halogens is 1. The summed E-state index contributed by atoms with van der Waals surface area (Å²) in [4.78, 5) is 14.6. The number of aromatic nitrogens is 1. The molecule has 19 heavy (non-hydrogen) atoms. The lowest BCUT2D eigenvalue weighted by Gasteiger charge is -2.35. The molecular weight excluding hydrogens is 304 g/mol. The molecule has 0 spiro atoms. The van der Waals surface area contributed by atoms with Gasteiger partial charge in [-0.15, -0.1) is 6.58 Å². The predicted molar refractivity (Wildman–Crippen MR) is 83.5 cm³/mol. The van der Waals surface area contributed by atoms with E-state index in [9.17, 15) is 4.79 Å². The van der Waals surface area contributed by atoms with Crippen LogP contribution in [0, 0.1) is 0 Å². The van der Waals surface area contributed by atoms with E-state index in [1.807, 2.05) is 42.5 Å². The first-order valence-electron chi connectivity index (χ1n) is 6.48. The molecule has 0 N–H and O–H groups in total. The van der Waals surface area contributed by atoms with Gasteiger partial charge in [-0.25, -0.2) is 0 Å². The fourth-order valence-electron chi connectivity index (χ4n) is 1.97. The van der Waals surface area contributed by atoms with Crippen molar-refractivity contribution in [1.29, 1.82) is 0 Å². The Morgan fingerprint density at radius 3 is 2.53 bits per heavy atom. The molecule has 0 aliphatic rings. The van der Waals surface area contributed by atoms with Gasteiger partial charge in [0.1, 0.15) is 5.69 Å². The molecule has 106 valence electrons. The molecule has 1 aromatic rings. The van der Waals surface area contributed by atoms with Crippen molar-refractivity contribution in [2.24, 2.45) is 0 Å². The van der Waals surface area contributed by atoms with Gasteiger partial charge in [-0.3, -0.25) is 4.79 Å². The second-order valence-corrected chi connectivity index (χ2v) is 6.84. The first-order valence-corrected chi connectivity index (χ1v) is 7.28. The smallest absolute Gasteiger partial charge is 0.271 e. The molecule has 1 heterocycles. The molecule has 0 bridgehead atoms. The Bertz CT molecular complexity index is 469. The summed E-state index contributed by atoms with van der Waals surface area (Å²) in [5.41, 5.74) is 0.475. The van der Waals surface area contributed by atoms with Crippen LogP contribution in [0.15, 0.2) is 29.4 Å². The Morgan fingerprint density at radius 2 is 2.11 bits per heavy atom. The van der Waals surface area contributed by atoms with Gasteiger partial charge < -0.3 is 9.47 Å². The third-order valence-electron chi connectivity index (χ3n) is 2.96. The topological polar surface area (TPSA) is 25.2 Å². The molecule has 1 rings (SSSR count). The second-order valence-electron chi connectivity index (χ2n) is 5.92. The van der Waals surface area contributed by atoms with Crippen LogP contribution in [0.4, 0.5) is 0 Å². The summed E-state index contributed by atoms with van der Waals surface area (Å²) in [6.45, 7) is 14.5. The highest BCUT2D eigenvalue weighted by molar-refractivity contribution is 9.10. The van der Waals surface area contributed by atoms with Crippen LogP contribution in [0.5, 0.6) is 0 Å². The molecule has 0 unspecified atom stereocenters. The standard InChI is InChI=1S/C15H23BrN2O/c1-7-8-18(15(4,5)6)14(19)13-9-12(16)10-17(13)11(2)3/h7,9-11H,1,8H2,2-6H3. The zero-order chi connectivity index (χ0) is 14.8. The fraction of sp³-hybridized carbons (Fsp3) is 0.533. The van der Waals surface area contributed by atoms with Gasteiger partial charge in [0.2, 0.25) is 0 Å². The summed E-state index contributed by atoms with van der Waals surface area (Å²) in [6, 6.07) is 2.13. The summed E-state index contributed by atoms with van der Waals surface area (Å²) < 4.78 is 2.92. The summed E-state index contributed by atoms with van der Waals surface area (Å²) in [5, 5.41) is 0. The molecule has 1 amide bonds. The van der Waals surface area contributed by atoms with E-state index < -0.39 is 0 Å². The third-order valence-corrected chi connectivity index (χ3v) is 3.39. The minimum atomic E-state index is -0.232. The fourth-order valence-corrected chi connectivity index (χ4v) is 2.41. The number of carbonyl (C=O) groups excluding carboxylic acids is 1. The van der Waals surface area contributed by atoms with E-state index in [4.69, 9.17) is 0 Å².